The molecule has 0 radical (unpaired) electrons. The molecular weight excluding hydrogens is 262 g/mol. The molecule has 1 nitrogen and oxygen atoms in total. The Kier molecular flexibility index (Phi) is 5.98. The van der Waals surface area contributed by atoms with E-state index >= 15 is 0 Å². The van der Waals surface area contributed by atoms with Crippen molar-refractivity contribution < 1.29 is 0 Å². The minimum Gasteiger partial charge on any atom is -0.310 e. The number of hydrogen-bond donors (Lipinski definition) is 1. The van der Waals surface area contributed by atoms with Gasteiger partial charge in [0.15, 0.2) is 0 Å². The van der Waals surface area contributed by atoms with Crippen molar-refractivity contribution in [3.63, 3.8) is 0 Å². The fourth-order valence-electron chi connectivity index (χ4n) is 3.57. The number of benzene rings is 1. The lowest BCUT2D eigenvalue weighted by Crippen LogP contribution is -2.33. The predicted molar refractivity (Wildman–Crippen MR) is 90.3 cm³/mol. The van der Waals surface area contributed by atoms with Crippen molar-refractivity contribution in [2.24, 2.45) is 17.8 Å². The molecule has 2 rings (SSSR count). The second kappa shape index (κ2) is 7.51. The molecule has 0 aromatic heterocycles. The summed E-state index contributed by atoms with van der Waals surface area (Å²) in [5, 5.41) is 3.77. The molecule has 1 saturated carbocycles. The highest BCUT2D eigenvalue weighted by atomic mass is 32.2. The number of nitrogens with one attached hydrogen (secondary N) is 1. The van der Waals surface area contributed by atoms with Crippen LogP contribution in [0.15, 0.2) is 29.2 Å². The maximum Gasteiger partial charge on any atom is 0.0359 e. The van der Waals surface area contributed by atoms with Gasteiger partial charge in [0.1, 0.15) is 0 Å². The first-order valence-electron chi connectivity index (χ1n) is 8.03. The quantitative estimate of drug-likeness (QED) is 0.755. The summed E-state index contributed by atoms with van der Waals surface area (Å²) in [5.41, 5.74) is 1.51. The molecule has 0 bridgehead atoms. The van der Waals surface area contributed by atoms with Gasteiger partial charge in [0.05, 0.1) is 0 Å². The van der Waals surface area contributed by atoms with Crippen molar-refractivity contribution in [3.05, 3.63) is 29.8 Å². The van der Waals surface area contributed by atoms with Crippen LogP contribution < -0.4 is 5.32 Å². The van der Waals surface area contributed by atoms with E-state index in [9.17, 15) is 0 Å². The smallest absolute Gasteiger partial charge is 0.0359 e. The van der Waals surface area contributed by atoms with Gasteiger partial charge < -0.3 is 5.32 Å². The third-order valence-electron chi connectivity index (χ3n) is 5.01. The van der Waals surface area contributed by atoms with E-state index in [4.69, 9.17) is 0 Å². The molecule has 1 aliphatic carbocycles. The Hall–Kier alpha value is -0.470. The Morgan fingerprint density at radius 1 is 1.20 bits per heavy atom. The van der Waals surface area contributed by atoms with Crippen molar-refractivity contribution in [2.45, 2.75) is 51.0 Å². The average Bonchev–Trinajstić information content (AvgIpc) is 2.48. The van der Waals surface area contributed by atoms with Gasteiger partial charge in [-0.1, -0.05) is 45.4 Å². The summed E-state index contributed by atoms with van der Waals surface area (Å²) in [4.78, 5) is 1.43. The van der Waals surface area contributed by atoms with Crippen LogP contribution >= 0.6 is 11.8 Å². The van der Waals surface area contributed by atoms with Crippen LogP contribution in [0, 0.1) is 17.8 Å². The SMILES string of the molecule is CCNC(c1ccccc1SC)C1CCC(C)C(C)C1. The normalized spacial score (nSPS) is 28.3. The molecule has 1 fully saturated rings. The van der Waals surface area contributed by atoms with E-state index in [2.05, 4.69) is 56.6 Å². The largest absolute Gasteiger partial charge is 0.310 e. The van der Waals surface area contributed by atoms with Gasteiger partial charge >= 0.3 is 0 Å². The van der Waals surface area contributed by atoms with E-state index in [0.717, 1.165) is 24.3 Å². The second-order valence-corrected chi connectivity index (χ2v) is 7.15. The molecular formula is C18H29NS. The Balaban J connectivity index is 2.22. The summed E-state index contributed by atoms with van der Waals surface area (Å²) in [6.07, 6.45) is 6.30. The van der Waals surface area contributed by atoms with E-state index in [1.165, 1.54) is 29.7 Å². The standard InChI is InChI=1S/C18H29NS/c1-5-19-18(15-11-10-13(2)14(3)12-15)16-8-6-7-9-17(16)20-4/h6-9,13-15,18-19H,5,10-12H2,1-4H3. The summed E-state index contributed by atoms with van der Waals surface area (Å²) >= 11 is 1.87. The Morgan fingerprint density at radius 3 is 2.60 bits per heavy atom. The molecule has 1 aromatic rings. The summed E-state index contributed by atoms with van der Waals surface area (Å²) in [7, 11) is 0. The monoisotopic (exact) mass is 291 g/mol. The predicted octanol–water partition coefficient (Wildman–Crippen LogP) is 5.13. The molecule has 112 valence electrons. The van der Waals surface area contributed by atoms with Crippen LogP contribution in [0.5, 0.6) is 0 Å². The zero-order valence-corrected chi connectivity index (χ0v) is 14.2. The van der Waals surface area contributed by atoms with E-state index < -0.39 is 0 Å². The van der Waals surface area contributed by atoms with Crippen LogP contribution in [-0.4, -0.2) is 12.8 Å². The van der Waals surface area contributed by atoms with Crippen LogP contribution in [0.1, 0.15) is 51.6 Å². The molecule has 4 unspecified atom stereocenters. The molecule has 2 heteroatoms. The molecule has 20 heavy (non-hydrogen) atoms. The highest BCUT2D eigenvalue weighted by molar-refractivity contribution is 7.98. The summed E-state index contributed by atoms with van der Waals surface area (Å²) in [5.74, 6) is 2.54. The fraction of sp³-hybridized carbons (Fsp3) is 0.667. The zero-order valence-electron chi connectivity index (χ0n) is 13.4. The van der Waals surface area contributed by atoms with Gasteiger partial charge in [-0.05, 0) is 55.0 Å². The minimum atomic E-state index is 0.526. The van der Waals surface area contributed by atoms with Crippen LogP contribution in [0.25, 0.3) is 0 Å². The maximum atomic E-state index is 3.77. The van der Waals surface area contributed by atoms with Crippen LogP contribution in [-0.2, 0) is 0 Å². The lowest BCUT2D eigenvalue weighted by molar-refractivity contribution is 0.171. The fourth-order valence-corrected chi connectivity index (χ4v) is 4.21. The van der Waals surface area contributed by atoms with Crippen molar-refractivity contribution in [3.8, 4) is 0 Å². The molecule has 0 aliphatic heterocycles. The van der Waals surface area contributed by atoms with Crippen LogP contribution in [0.4, 0.5) is 0 Å². The zero-order chi connectivity index (χ0) is 14.5. The van der Waals surface area contributed by atoms with Crippen LogP contribution in [0.2, 0.25) is 0 Å². The van der Waals surface area contributed by atoms with Gasteiger partial charge in [-0.15, -0.1) is 11.8 Å². The first kappa shape index (κ1) is 15.9. The van der Waals surface area contributed by atoms with Gasteiger partial charge in [-0.25, -0.2) is 0 Å². The second-order valence-electron chi connectivity index (χ2n) is 6.30. The third kappa shape index (κ3) is 3.59. The highest BCUT2D eigenvalue weighted by Crippen LogP contribution is 2.41. The molecule has 0 spiro atoms. The Morgan fingerprint density at radius 2 is 1.95 bits per heavy atom. The van der Waals surface area contributed by atoms with E-state index in [-0.39, 0.29) is 0 Å². The number of rotatable bonds is 5. The topological polar surface area (TPSA) is 12.0 Å². The van der Waals surface area contributed by atoms with Gasteiger partial charge in [-0.3, -0.25) is 0 Å². The van der Waals surface area contributed by atoms with E-state index in [1.807, 2.05) is 11.8 Å². The first-order valence-corrected chi connectivity index (χ1v) is 9.26. The Bertz CT molecular complexity index is 418. The molecule has 1 N–H and O–H groups in total. The Labute approximate surface area is 128 Å². The summed E-state index contributed by atoms with van der Waals surface area (Å²) in [6.45, 7) is 8.12. The van der Waals surface area contributed by atoms with Crippen molar-refractivity contribution in [1.82, 2.24) is 5.32 Å². The molecule has 0 saturated heterocycles. The van der Waals surface area contributed by atoms with Gasteiger partial charge in [0, 0.05) is 10.9 Å². The first-order chi connectivity index (χ1) is 9.67. The highest BCUT2D eigenvalue weighted by Gasteiger charge is 2.31. The summed E-state index contributed by atoms with van der Waals surface area (Å²) < 4.78 is 0. The van der Waals surface area contributed by atoms with Crippen LogP contribution in [0.3, 0.4) is 0 Å². The minimum absolute atomic E-state index is 0.526. The van der Waals surface area contributed by atoms with E-state index in [1.54, 1.807) is 0 Å². The maximum absolute atomic E-state index is 3.77. The summed E-state index contributed by atoms with van der Waals surface area (Å²) in [6, 6.07) is 9.46. The third-order valence-corrected chi connectivity index (χ3v) is 5.82. The molecule has 4 atom stereocenters. The number of thioether (sulfide) groups is 1. The molecule has 0 heterocycles. The van der Waals surface area contributed by atoms with Crippen molar-refractivity contribution in [2.75, 3.05) is 12.8 Å². The van der Waals surface area contributed by atoms with Crippen molar-refractivity contribution >= 4 is 11.8 Å². The van der Waals surface area contributed by atoms with Gasteiger partial charge in [-0.2, -0.15) is 0 Å². The van der Waals surface area contributed by atoms with E-state index in [0.29, 0.717) is 6.04 Å². The average molecular weight is 292 g/mol. The lowest BCUT2D eigenvalue weighted by atomic mass is 9.72. The number of hydrogen-bond acceptors (Lipinski definition) is 2. The lowest BCUT2D eigenvalue weighted by Gasteiger charge is -2.37. The molecule has 1 aliphatic rings. The van der Waals surface area contributed by atoms with Crippen molar-refractivity contribution in [1.29, 1.82) is 0 Å². The van der Waals surface area contributed by atoms with Gasteiger partial charge in [0.25, 0.3) is 0 Å². The molecule has 0 amide bonds. The molecule has 1 aromatic carbocycles. The van der Waals surface area contributed by atoms with Gasteiger partial charge in [0.2, 0.25) is 0 Å².